The van der Waals surface area contributed by atoms with Crippen LogP contribution in [0.1, 0.15) is 23.0 Å². The molecule has 0 saturated carbocycles. The molecule has 1 saturated heterocycles. The van der Waals surface area contributed by atoms with Crippen LogP contribution < -0.4 is 10.2 Å². The third-order valence-corrected chi connectivity index (χ3v) is 5.71. The van der Waals surface area contributed by atoms with Gasteiger partial charge in [0.2, 0.25) is 0 Å². The summed E-state index contributed by atoms with van der Waals surface area (Å²) in [5.41, 5.74) is 3.05. The van der Waals surface area contributed by atoms with E-state index in [1.807, 2.05) is 42.5 Å². The first-order valence-electron chi connectivity index (χ1n) is 8.86. The Morgan fingerprint density at radius 1 is 1.15 bits per heavy atom. The monoisotopic (exact) mass is 363 g/mol. The lowest BCUT2D eigenvalue weighted by Crippen LogP contribution is -2.19. The van der Waals surface area contributed by atoms with E-state index >= 15 is 0 Å². The molecule has 1 aromatic heterocycles. The van der Waals surface area contributed by atoms with Gasteiger partial charge in [0.05, 0.1) is 6.20 Å². The highest BCUT2D eigenvalue weighted by Gasteiger charge is 2.19. The predicted molar refractivity (Wildman–Crippen MR) is 108 cm³/mol. The standard InChI is InChI=1S/C21H21N3OS/c1-15-11-12-24(14-15)18-9-7-17(8-10-18)23-20(25)19-13-22-21(26-19)16-5-3-2-4-6-16/h2-10,13,15H,11-12,14H2,1H3,(H,23,25). The highest BCUT2D eigenvalue weighted by atomic mass is 32.1. The first-order chi connectivity index (χ1) is 12.7. The lowest BCUT2D eigenvalue weighted by Gasteiger charge is -2.18. The molecule has 2 heterocycles. The lowest BCUT2D eigenvalue weighted by atomic mass is 10.2. The Balaban J connectivity index is 1.43. The Morgan fingerprint density at radius 2 is 1.92 bits per heavy atom. The summed E-state index contributed by atoms with van der Waals surface area (Å²) in [7, 11) is 0. The van der Waals surface area contributed by atoms with E-state index in [0.717, 1.165) is 35.3 Å². The second-order valence-electron chi connectivity index (χ2n) is 6.74. The Labute approximate surface area is 157 Å². The normalized spacial score (nSPS) is 16.7. The van der Waals surface area contributed by atoms with Gasteiger partial charge >= 0.3 is 0 Å². The summed E-state index contributed by atoms with van der Waals surface area (Å²) in [6.45, 7) is 4.50. The third-order valence-electron chi connectivity index (χ3n) is 4.66. The molecule has 0 aliphatic carbocycles. The van der Waals surface area contributed by atoms with Gasteiger partial charge in [-0.1, -0.05) is 37.3 Å². The van der Waals surface area contributed by atoms with E-state index in [1.54, 1.807) is 6.20 Å². The van der Waals surface area contributed by atoms with Crippen LogP contribution >= 0.6 is 11.3 Å². The number of nitrogens with one attached hydrogen (secondary N) is 1. The minimum absolute atomic E-state index is 0.118. The smallest absolute Gasteiger partial charge is 0.267 e. The van der Waals surface area contributed by atoms with Crippen LogP contribution in [0.4, 0.5) is 11.4 Å². The largest absolute Gasteiger partial charge is 0.371 e. The molecule has 4 nitrogen and oxygen atoms in total. The Bertz CT molecular complexity index is 889. The number of carbonyl (C=O) groups is 1. The SMILES string of the molecule is CC1CCN(c2ccc(NC(=O)c3cnc(-c4ccccc4)s3)cc2)C1. The van der Waals surface area contributed by atoms with Crippen LogP contribution in [0, 0.1) is 5.92 Å². The van der Waals surface area contributed by atoms with Crippen molar-refractivity contribution < 1.29 is 4.79 Å². The van der Waals surface area contributed by atoms with Crippen LogP contribution in [0.25, 0.3) is 10.6 Å². The van der Waals surface area contributed by atoms with Crippen LogP contribution in [-0.2, 0) is 0 Å². The minimum atomic E-state index is -0.118. The van der Waals surface area contributed by atoms with Crippen molar-refractivity contribution in [2.75, 3.05) is 23.3 Å². The first-order valence-corrected chi connectivity index (χ1v) is 9.68. The van der Waals surface area contributed by atoms with Crippen LogP contribution in [0.15, 0.2) is 60.8 Å². The number of aromatic nitrogens is 1. The molecule has 1 aliphatic heterocycles. The van der Waals surface area contributed by atoms with Crippen molar-refractivity contribution in [3.63, 3.8) is 0 Å². The zero-order valence-corrected chi connectivity index (χ0v) is 15.5. The molecule has 26 heavy (non-hydrogen) atoms. The molecule has 0 spiro atoms. The average Bonchev–Trinajstić information content (AvgIpc) is 3.32. The highest BCUT2D eigenvalue weighted by molar-refractivity contribution is 7.17. The van der Waals surface area contributed by atoms with Gasteiger partial charge in [0.25, 0.3) is 5.91 Å². The number of rotatable bonds is 4. The quantitative estimate of drug-likeness (QED) is 0.716. The van der Waals surface area contributed by atoms with Crippen molar-refractivity contribution in [3.8, 4) is 10.6 Å². The first kappa shape index (κ1) is 16.8. The van der Waals surface area contributed by atoms with Crippen molar-refractivity contribution in [3.05, 3.63) is 65.7 Å². The Morgan fingerprint density at radius 3 is 2.62 bits per heavy atom. The molecule has 4 rings (SSSR count). The van der Waals surface area contributed by atoms with Gasteiger partial charge in [0.1, 0.15) is 9.88 Å². The molecule has 1 fully saturated rings. The second-order valence-corrected chi connectivity index (χ2v) is 7.77. The fourth-order valence-corrected chi connectivity index (χ4v) is 4.03. The van der Waals surface area contributed by atoms with Crippen LogP contribution in [0.5, 0.6) is 0 Å². The molecule has 1 aliphatic rings. The molecule has 5 heteroatoms. The van der Waals surface area contributed by atoms with E-state index in [0.29, 0.717) is 4.88 Å². The van der Waals surface area contributed by atoms with Crippen LogP contribution in [0.2, 0.25) is 0 Å². The van der Waals surface area contributed by atoms with Gasteiger partial charge in [-0.25, -0.2) is 4.98 Å². The van der Waals surface area contributed by atoms with E-state index in [2.05, 4.69) is 34.3 Å². The van der Waals surface area contributed by atoms with E-state index in [-0.39, 0.29) is 5.91 Å². The maximum absolute atomic E-state index is 12.5. The average molecular weight is 363 g/mol. The third kappa shape index (κ3) is 3.63. The van der Waals surface area contributed by atoms with Gasteiger partial charge in [-0.05, 0) is 36.6 Å². The summed E-state index contributed by atoms with van der Waals surface area (Å²) in [6, 6.07) is 18.0. The fraction of sp³-hybridized carbons (Fsp3) is 0.238. The lowest BCUT2D eigenvalue weighted by molar-refractivity contribution is 0.103. The molecular weight excluding hydrogens is 342 g/mol. The number of amides is 1. The van der Waals surface area contributed by atoms with Gasteiger partial charge in [-0.2, -0.15) is 0 Å². The van der Waals surface area contributed by atoms with Crippen LogP contribution in [-0.4, -0.2) is 24.0 Å². The maximum Gasteiger partial charge on any atom is 0.267 e. The van der Waals surface area contributed by atoms with Crippen LogP contribution in [0.3, 0.4) is 0 Å². The number of nitrogens with zero attached hydrogens (tertiary/aromatic N) is 2. The van der Waals surface area contributed by atoms with E-state index in [4.69, 9.17) is 0 Å². The van der Waals surface area contributed by atoms with Gasteiger partial charge in [-0.15, -0.1) is 11.3 Å². The van der Waals surface area contributed by atoms with Crippen molar-refractivity contribution >= 4 is 28.6 Å². The summed E-state index contributed by atoms with van der Waals surface area (Å²) >= 11 is 1.41. The zero-order chi connectivity index (χ0) is 17.9. The zero-order valence-electron chi connectivity index (χ0n) is 14.7. The maximum atomic E-state index is 12.5. The van der Waals surface area contributed by atoms with E-state index in [9.17, 15) is 4.79 Å². The summed E-state index contributed by atoms with van der Waals surface area (Å²) in [4.78, 5) is 19.9. The molecule has 1 amide bonds. The molecule has 132 valence electrons. The highest BCUT2D eigenvalue weighted by Crippen LogP contribution is 2.27. The van der Waals surface area contributed by atoms with E-state index in [1.165, 1.54) is 23.4 Å². The van der Waals surface area contributed by atoms with Crippen molar-refractivity contribution in [1.29, 1.82) is 0 Å². The molecule has 3 aromatic rings. The summed E-state index contributed by atoms with van der Waals surface area (Å²) < 4.78 is 0. The molecule has 1 atom stereocenters. The molecular formula is C21H21N3OS. The molecule has 0 radical (unpaired) electrons. The van der Waals surface area contributed by atoms with Crippen molar-refractivity contribution in [2.24, 2.45) is 5.92 Å². The van der Waals surface area contributed by atoms with Crippen molar-refractivity contribution in [2.45, 2.75) is 13.3 Å². The van der Waals surface area contributed by atoms with Crippen molar-refractivity contribution in [1.82, 2.24) is 4.98 Å². The predicted octanol–water partition coefficient (Wildman–Crippen LogP) is 4.91. The number of benzene rings is 2. The number of hydrogen-bond acceptors (Lipinski definition) is 4. The van der Waals surface area contributed by atoms with Gasteiger partial charge in [-0.3, -0.25) is 4.79 Å². The Kier molecular flexibility index (Phi) is 4.71. The molecule has 0 bridgehead atoms. The minimum Gasteiger partial charge on any atom is -0.371 e. The molecule has 1 N–H and O–H groups in total. The summed E-state index contributed by atoms with van der Waals surface area (Å²) in [5, 5.41) is 3.82. The molecule has 1 unspecified atom stereocenters. The number of thiazole rings is 1. The Hall–Kier alpha value is -2.66. The van der Waals surface area contributed by atoms with Gasteiger partial charge in [0, 0.05) is 30.0 Å². The number of hydrogen-bond donors (Lipinski definition) is 1. The fourth-order valence-electron chi connectivity index (χ4n) is 3.21. The topological polar surface area (TPSA) is 45.2 Å². The van der Waals surface area contributed by atoms with Gasteiger partial charge < -0.3 is 10.2 Å². The summed E-state index contributed by atoms with van der Waals surface area (Å²) in [6.07, 6.45) is 2.88. The van der Waals surface area contributed by atoms with Gasteiger partial charge in [0.15, 0.2) is 0 Å². The summed E-state index contributed by atoms with van der Waals surface area (Å²) in [5.74, 6) is 0.631. The molecule has 2 aromatic carbocycles. The number of anilines is 2. The number of carbonyl (C=O) groups excluding carboxylic acids is 1. The van der Waals surface area contributed by atoms with E-state index < -0.39 is 0 Å². The second kappa shape index (κ2) is 7.30.